The molecule has 2 aliphatic heterocycles. The first-order valence-corrected chi connectivity index (χ1v) is 6.59. The first-order valence-electron chi connectivity index (χ1n) is 6.59. The Labute approximate surface area is 124 Å². The number of guanidine groups is 1. The Hall–Kier alpha value is -2.29. The van der Waals surface area contributed by atoms with E-state index >= 15 is 0 Å². The number of methoxy groups -OCH3 is 1. The van der Waals surface area contributed by atoms with Gasteiger partial charge in [-0.2, -0.15) is 0 Å². The largest absolute Gasteiger partial charge is 0.464 e. The fraction of sp³-hybridized carbons (Fsp3) is 0.462. The van der Waals surface area contributed by atoms with Crippen molar-refractivity contribution in [3.63, 3.8) is 0 Å². The monoisotopic (exact) mass is 312 g/mol. The number of pyridine rings is 1. The number of carbonyl (C=O) groups is 1. The molecule has 2 atom stereocenters. The first-order chi connectivity index (χ1) is 10.5. The van der Waals surface area contributed by atoms with Crippen LogP contribution in [0.25, 0.3) is 0 Å². The van der Waals surface area contributed by atoms with Crippen molar-refractivity contribution in [2.45, 2.75) is 18.5 Å². The van der Waals surface area contributed by atoms with Gasteiger partial charge in [0.15, 0.2) is 5.96 Å². The average Bonchev–Trinajstić information content (AvgIpc) is 2.53. The Morgan fingerprint density at radius 1 is 1.55 bits per heavy atom. The van der Waals surface area contributed by atoms with Crippen molar-refractivity contribution in [3.05, 3.63) is 23.5 Å². The van der Waals surface area contributed by atoms with Crippen molar-refractivity contribution in [1.82, 2.24) is 9.88 Å². The van der Waals surface area contributed by atoms with E-state index in [9.17, 15) is 13.6 Å². The maximum absolute atomic E-state index is 13.2. The average molecular weight is 312 g/mol. The summed E-state index contributed by atoms with van der Waals surface area (Å²) in [6.45, 7) is 0.0473. The maximum atomic E-state index is 13.2. The number of nitrogens with two attached hydrogens (primary N) is 1. The maximum Gasteiger partial charge on any atom is 0.356 e. The molecule has 0 aromatic carbocycles. The standard InChI is InChI=1S/C13H14F2N4O3/c1-21-12(20)7-2-6-8(3-17-7)18-13(16)19-9(6)4-22-5-10(19)11(14)15/h2-3,9-11H,4-5H2,1H3,(H2,16,18)/t9-,10-/m0/s1. The Kier molecular flexibility index (Phi) is 3.65. The van der Waals surface area contributed by atoms with Crippen LogP contribution in [-0.2, 0) is 9.47 Å². The van der Waals surface area contributed by atoms with Crippen LogP contribution in [0.5, 0.6) is 0 Å². The summed E-state index contributed by atoms with van der Waals surface area (Å²) < 4.78 is 36.3. The van der Waals surface area contributed by atoms with E-state index in [1.807, 2.05) is 0 Å². The lowest BCUT2D eigenvalue weighted by atomic mass is 9.99. The van der Waals surface area contributed by atoms with Gasteiger partial charge < -0.3 is 20.1 Å². The molecule has 1 saturated heterocycles. The summed E-state index contributed by atoms with van der Waals surface area (Å²) in [5, 5.41) is 0. The highest BCUT2D eigenvalue weighted by molar-refractivity contribution is 5.89. The molecule has 0 aliphatic carbocycles. The number of hydrogen-bond acceptors (Lipinski definition) is 7. The van der Waals surface area contributed by atoms with E-state index in [1.54, 1.807) is 0 Å². The van der Waals surface area contributed by atoms with E-state index in [2.05, 4.69) is 14.7 Å². The second-order valence-electron chi connectivity index (χ2n) is 4.95. The summed E-state index contributed by atoms with van der Waals surface area (Å²) in [5.74, 6) is -0.613. The fourth-order valence-corrected chi connectivity index (χ4v) is 2.68. The van der Waals surface area contributed by atoms with Crippen LogP contribution in [0.3, 0.4) is 0 Å². The first kappa shape index (κ1) is 14.6. The molecule has 0 spiro atoms. The van der Waals surface area contributed by atoms with Gasteiger partial charge in [-0.1, -0.05) is 0 Å². The number of morpholine rings is 1. The van der Waals surface area contributed by atoms with Crippen LogP contribution in [0.1, 0.15) is 22.1 Å². The van der Waals surface area contributed by atoms with Crippen molar-refractivity contribution in [2.24, 2.45) is 10.7 Å². The van der Waals surface area contributed by atoms with Crippen LogP contribution in [0, 0.1) is 0 Å². The van der Waals surface area contributed by atoms with Crippen LogP contribution in [0.15, 0.2) is 17.3 Å². The van der Waals surface area contributed by atoms with Crippen LogP contribution in [-0.4, -0.2) is 54.6 Å². The molecule has 9 heteroatoms. The molecule has 3 heterocycles. The van der Waals surface area contributed by atoms with Crippen LogP contribution < -0.4 is 5.73 Å². The molecule has 3 rings (SSSR count). The van der Waals surface area contributed by atoms with Crippen LogP contribution >= 0.6 is 0 Å². The van der Waals surface area contributed by atoms with E-state index in [0.717, 1.165) is 0 Å². The van der Waals surface area contributed by atoms with Gasteiger partial charge in [0.05, 0.1) is 38.2 Å². The molecule has 1 aromatic heterocycles. The summed E-state index contributed by atoms with van der Waals surface area (Å²) in [4.78, 5) is 21.0. The predicted molar refractivity (Wildman–Crippen MR) is 72.0 cm³/mol. The van der Waals surface area contributed by atoms with Crippen LogP contribution in [0.2, 0.25) is 0 Å². The van der Waals surface area contributed by atoms with Gasteiger partial charge in [0, 0.05) is 5.56 Å². The molecule has 2 N–H and O–H groups in total. The second kappa shape index (κ2) is 5.48. The number of nitrogens with zero attached hydrogens (tertiary/aromatic N) is 3. The second-order valence-corrected chi connectivity index (χ2v) is 4.95. The smallest absolute Gasteiger partial charge is 0.356 e. The van der Waals surface area contributed by atoms with Gasteiger partial charge in [-0.15, -0.1) is 0 Å². The zero-order chi connectivity index (χ0) is 15.9. The minimum atomic E-state index is -2.62. The number of hydrogen-bond donors (Lipinski definition) is 1. The number of fused-ring (bicyclic) bond motifs is 3. The van der Waals surface area contributed by atoms with Crippen molar-refractivity contribution >= 4 is 17.6 Å². The molecule has 1 fully saturated rings. The summed E-state index contributed by atoms with van der Waals surface area (Å²) in [5.41, 5.74) is 6.90. The molecular weight excluding hydrogens is 298 g/mol. The van der Waals surface area contributed by atoms with Gasteiger partial charge in [-0.25, -0.2) is 23.6 Å². The van der Waals surface area contributed by atoms with Crippen molar-refractivity contribution in [2.75, 3.05) is 20.3 Å². The number of ether oxygens (including phenoxy) is 2. The van der Waals surface area contributed by atoms with E-state index in [0.29, 0.717) is 11.3 Å². The minimum absolute atomic E-state index is 0.00119. The molecular formula is C13H14F2N4O3. The van der Waals surface area contributed by atoms with Gasteiger partial charge in [-0.05, 0) is 6.07 Å². The van der Waals surface area contributed by atoms with E-state index in [4.69, 9.17) is 10.5 Å². The molecule has 0 unspecified atom stereocenters. The predicted octanol–water partition coefficient (Wildman–Crippen LogP) is 0.835. The summed E-state index contributed by atoms with van der Waals surface area (Å²) in [6, 6.07) is -0.233. The molecule has 0 amide bonds. The number of halogens is 2. The number of aromatic nitrogens is 1. The van der Waals surface area contributed by atoms with Gasteiger partial charge in [0.25, 0.3) is 6.43 Å². The zero-order valence-electron chi connectivity index (χ0n) is 11.7. The minimum Gasteiger partial charge on any atom is -0.464 e. The highest BCUT2D eigenvalue weighted by Gasteiger charge is 2.42. The van der Waals surface area contributed by atoms with Gasteiger partial charge >= 0.3 is 5.97 Å². The lowest BCUT2D eigenvalue weighted by Gasteiger charge is -2.44. The highest BCUT2D eigenvalue weighted by atomic mass is 19.3. The van der Waals surface area contributed by atoms with Gasteiger partial charge in [0.2, 0.25) is 0 Å². The number of carbonyl (C=O) groups excluding carboxylic acids is 1. The molecule has 0 radical (unpaired) electrons. The molecule has 118 valence electrons. The van der Waals surface area contributed by atoms with Gasteiger partial charge in [-0.3, -0.25) is 0 Å². The Balaban J connectivity index is 2.05. The molecule has 7 nitrogen and oxygen atoms in total. The van der Waals surface area contributed by atoms with Crippen molar-refractivity contribution in [3.8, 4) is 0 Å². The number of aliphatic imine (C=N–C) groups is 1. The topological polar surface area (TPSA) is 90.0 Å². The third-order valence-electron chi connectivity index (χ3n) is 3.72. The summed E-state index contributed by atoms with van der Waals surface area (Å²) in [6.07, 6.45) is -1.25. The summed E-state index contributed by atoms with van der Waals surface area (Å²) >= 11 is 0. The van der Waals surface area contributed by atoms with Gasteiger partial charge in [0.1, 0.15) is 11.7 Å². The Morgan fingerprint density at radius 2 is 2.32 bits per heavy atom. The van der Waals surface area contributed by atoms with Crippen LogP contribution in [0.4, 0.5) is 14.5 Å². The normalized spacial score (nSPS) is 23.6. The Morgan fingerprint density at radius 3 is 3.00 bits per heavy atom. The number of esters is 1. The quantitative estimate of drug-likeness (QED) is 0.814. The van der Waals surface area contributed by atoms with Crippen molar-refractivity contribution in [1.29, 1.82) is 0 Å². The van der Waals surface area contributed by atoms with E-state index in [1.165, 1.54) is 24.3 Å². The highest BCUT2D eigenvalue weighted by Crippen LogP contribution is 2.38. The summed E-state index contributed by atoms with van der Waals surface area (Å²) in [7, 11) is 1.24. The molecule has 0 bridgehead atoms. The third-order valence-corrected chi connectivity index (χ3v) is 3.72. The molecule has 0 saturated carbocycles. The van der Waals surface area contributed by atoms with E-state index < -0.39 is 24.5 Å². The lowest BCUT2D eigenvalue weighted by molar-refractivity contribution is -0.0730. The third kappa shape index (κ3) is 2.27. The van der Waals surface area contributed by atoms with Crippen molar-refractivity contribution < 1.29 is 23.0 Å². The molecule has 22 heavy (non-hydrogen) atoms. The zero-order valence-corrected chi connectivity index (χ0v) is 11.7. The lowest BCUT2D eigenvalue weighted by Crippen LogP contribution is -2.57. The number of rotatable bonds is 2. The Bertz CT molecular complexity index is 638. The number of alkyl halides is 2. The molecule has 2 aliphatic rings. The fourth-order valence-electron chi connectivity index (χ4n) is 2.68. The molecule has 1 aromatic rings. The van der Waals surface area contributed by atoms with E-state index in [-0.39, 0.29) is 24.9 Å². The SMILES string of the molecule is COC(=O)c1cc2c(cn1)N=C(N)N1[C@H]2COC[C@H]1C(F)F.